The molecule has 0 aliphatic rings. The predicted molar refractivity (Wildman–Crippen MR) is 54.1 cm³/mol. The van der Waals surface area contributed by atoms with Crippen LogP contribution < -0.4 is 0 Å². The van der Waals surface area contributed by atoms with Gasteiger partial charge in [-0.2, -0.15) is 13.2 Å². The fraction of sp³-hybridized carbons (Fsp3) is 0.300. The molecular formula is C10H6BrF5O. The summed E-state index contributed by atoms with van der Waals surface area (Å²) in [5.74, 6) is -0.924. The molecule has 7 heteroatoms. The quantitative estimate of drug-likeness (QED) is 0.575. The van der Waals surface area contributed by atoms with Crippen molar-refractivity contribution in [2.24, 2.45) is 0 Å². The zero-order valence-electron chi connectivity index (χ0n) is 8.41. The molecule has 0 heterocycles. The van der Waals surface area contributed by atoms with E-state index >= 15 is 0 Å². The number of ketones is 1. The molecule has 0 aliphatic carbocycles. The van der Waals surface area contributed by atoms with Crippen molar-refractivity contribution in [2.75, 3.05) is 0 Å². The van der Waals surface area contributed by atoms with Gasteiger partial charge in [-0.15, -0.1) is 0 Å². The summed E-state index contributed by atoms with van der Waals surface area (Å²) >= 11 is 2.76. The molecule has 17 heavy (non-hydrogen) atoms. The second-order valence-corrected chi connectivity index (χ2v) is 4.10. The van der Waals surface area contributed by atoms with Gasteiger partial charge < -0.3 is 0 Å². The molecule has 0 aromatic heterocycles. The van der Waals surface area contributed by atoms with Crippen LogP contribution in [-0.4, -0.2) is 5.78 Å². The van der Waals surface area contributed by atoms with E-state index < -0.39 is 35.1 Å². The van der Waals surface area contributed by atoms with Crippen LogP contribution in [0.25, 0.3) is 0 Å². The van der Waals surface area contributed by atoms with Crippen LogP contribution in [0.15, 0.2) is 16.6 Å². The van der Waals surface area contributed by atoms with Gasteiger partial charge >= 0.3 is 6.18 Å². The lowest BCUT2D eigenvalue weighted by Gasteiger charge is -2.16. The summed E-state index contributed by atoms with van der Waals surface area (Å²) in [6, 6.07) is 1.66. The summed E-state index contributed by atoms with van der Waals surface area (Å²) in [5.41, 5.74) is -3.53. The van der Waals surface area contributed by atoms with Crippen molar-refractivity contribution < 1.29 is 26.7 Å². The molecule has 94 valence electrons. The Morgan fingerprint density at radius 3 is 2.18 bits per heavy atom. The molecular weight excluding hydrogens is 311 g/mol. The maximum Gasteiger partial charge on any atom is 0.417 e. The number of benzene rings is 1. The molecule has 0 saturated heterocycles. The van der Waals surface area contributed by atoms with Gasteiger partial charge in [-0.1, -0.05) is 22.0 Å². The van der Waals surface area contributed by atoms with E-state index in [0.29, 0.717) is 6.07 Å². The summed E-state index contributed by atoms with van der Waals surface area (Å²) in [5, 5.41) is 0. The lowest BCUT2D eigenvalue weighted by atomic mass is 9.98. The minimum Gasteiger partial charge on any atom is -0.294 e. The van der Waals surface area contributed by atoms with Gasteiger partial charge in [-0.3, -0.25) is 4.79 Å². The number of halogens is 6. The molecule has 0 amide bonds. The minimum atomic E-state index is -5.00. The van der Waals surface area contributed by atoms with Crippen LogP contribution in [0.2, 0.25) is 0 Å². The van der Waals surface area contributed by atoms with Crippen LogP contribution in [0, 0.1) is 0 Å². The smallest absolute Gasteiger partial charge is 0.294 e. The van der Waals surface area contributed by atoms with Crippen molar-refractivity contribution in [3.8, 4) is 0 Å². The Morgan fingerprint density at radius 1 is 1.29 bits per heavy atom. The molecule has 0 aliphatic heterocycles. The first-order valence-electron chi connectivity index (χ1n) is 4.35. The van der Waals surface area contributed by atoms with Crippen LogP contribution in [0.4, 0.5) is 22.0 Å². The third kappa shape index (κ3) is 2.83. The van der Waals surface area contributed by atoms with Gasteiger partial charge in [0.2, 0.25) is 0 Å². The summed E-state index contributed by atoms with van der Waals surface area (Å²) in [6.07, 6.45) is -8.30. The molecule has 1 aromatic rings. The zero-order chi connectivity index (χ0) is 13.4. The van der Waals surface area contributed by atoms with Gasteiger partial charge in [0.05, 0.1) is 5.56 Å². The highest BCUT2D eigenvalue weighted by Gasteiger charge is 2.40. The van der Waals surface area contributed by atoms with E-state index in [9.17, 15) is 26.7 Å². The fourth-order valence-corrected chi connectivity index (χ4v) is 2.03. The molecule has 0 fully saturated rings. The van der Waals surface area contributed by atoms with E-state index in [1.165, 1.54) is 0 Å². The molecule has 1 nitrogen and oxygen atoms in total. The van der Waals surface area contributed by atoms with Crippen molar-refractivity contribution in [3.05, 3.63) is 33.3 Å². The van der Waals surface area contributed by atoms with Gasteiger partial charge in [-0.05, 0) is 13.0 Å². The number of Topliss-reactive ketones (excluding diaryl/α,β-unsaturated/α-hetero) is 1. The SMILES string of the molecule is CC(=O)c1c(Br)ccc(C(F)F)c1C(F)(F)F. The monoisotopic (exact) mass is 316 g/mol. The highest BCUT2D eigenvalue weighted by Crippen LogP contribution is 2.41. The summed E-state index contributed by atoms with van der Waals surface area (Å²) in [7, 11) is 0. The molecule has 0 unspecified atom stereocenters. The van der Waals surface area contributed by atoms with Gasteiger partial charge in [0.25, 0.3) is 6.43 Å². The Labute approximate surface area is 102 Å². The van der Waals surface area contributed by atoms with E-state index in [2.05, 4.69) is 15.9 Å². The zero-order valence-corrected chi connectivity index (χ0v) is 9.99. The predicted octanol–water partition coefficient (Wildman–Crippen LogP) is 4.61. The fourth-order valence-electron chi connectivity index (χ4n) is 1.42. The molecule has 1 aromatic carbocycles. The molecule has 0 spiro atoms. The normalized spacial score (nSPS) is 12.0. The Bertz CT molecular complexity index is 453. The van der Waals surface area contributed by atoms with Crippen molar-refractivity contribution in [1.29, 1.82) is 0 Å². The Morgan fingerprint density at radius 2 is 1.82 bits per heavy atom. The standard InChI is InChI=1S/C10H6BrF5O/c1-4(17)7-6(11)3-2-5(9(12)13)8(7)10(14,15)16/h2-3,9H,1H3. The van der Waals surface area contributed by atoms with Crippen molar-refractivity contribution in [1.82, 2.24) is 0 Å². The highest BCUT2D eigenvalue weighted by atomic mass is 79.9. The molecule has 0 bridgehead atoms. The first-order valence-corrected chi connectivity index (χ1v) is 5.14. The van der Waals surface area contributed by atoms with Gasteiger partial charge in [0, 0.05) is 15.6 Å². The van der Waals surface area contributed by atoms with Crippen LogP contribution in [0.3, 0.4) is 0 Å². The van der Waals surface area contributed by atoms with Gasteiger partial charge in [0.1, 0.15) is 0 Å². The lowest BCUT2D eigenvalue weighted by molar-refractivity contribution is -0.139. The summed E-state index contributed by atoms with van der Waals surface area (Å²) in [4.78, 5) is 11.1. The average molecular weight is 317 g/mol. The number of alkyl halides is 5. The highest BCUT2D eigenvalue weighted by molar-refractivity contribution is 9.10. The molecule has 0 saturated carbocycles. The van der Waals surface area contributed by atoms with E-state index in [4.69, 9.17) is 0 Å². The average Bonchev–Trinajstić information content (AvgIpc) is 2.14. The number of hydrogen-bond acceptors (Lipinski definition) is 1. The Balaban J connectivity index is 3.68. The third-order valence-electron chi connectivity index (χ3n) is 2.06. The lowest BCUT2D eigenvalue weighted by Crippen LogP contribution is -2.16. The first-order chi connectivity index (χ1) is 7.66. The molecule has 0 radical (unpaired) electrons. The van der Waals surface area contributed by atoms with Gasteiger partial charge in [-0.25, -0.2) is 8.78 Å². The maximum absolute atomic E-state index is 12.7. The summed E-state index contributed by atoms with van der Waals surface area (Å²) in [6.45, 7) is 0.893. The van der Waals surface area contributed by atoms with Crippen molar-refractivity contribution >= 4 is 21.7 Å². The largest absolute Gasteiger partial charge is 0.417 e. The number of carbonyl (C=O) groups is 1. The number of rotatable bonds is 2. The minimum absolute atomic E-state index is 0.151. The first kappa shape index (κ1) is 14.1. The van der Waals surface area contributed by atoms with Crippen LogP contribution in [0.5, 0.6) is 0 Å². The van der Waals surface area contributed by atoms with Crippen LogP contribution in [0.1, 0.15) is 34.8 Å². The van der Waals surface area contributed by atoms with Gasteiger partial charge in [0.15, 0.2) is 5.78 Å². The van der Waals surface area contributed by atoms with E-state index in [1.807, 2.05) is 0 Å². The van der Waals surface area contributed by atoms with E-state index in [-0.39, 0.29) is 4.47 Å². The Kier molecular flexibility index (Phi) is 3.91. The Hall–Kier alpha value is -0.980. The van der Waals surface area contributed by atoms with E-state index in [0.717, 1.165) is 13.0 Å². The van der Waals surface area contributed by atoms with E-state index in [1.54, 1.807) is 0 Å². The molecule has 1 rings (SSSR count). The maximum atomic E-state index is 12.7. The van der Waals surface area contributed by atoms with Crippen LogP contribution in [-0.2, 0) is 6.18 Å². The third-order valence-corrected chi connectivity index (χ3v) is 2.72. The second kappa shape index (κ2) is 4.72. The summed E-state index contributed by atoms with van der Waals surface area (Å²) < 4.78 is 63.0. The molecule has 0 N–H and O–H groups in total. The topological polar surface area (TPSA) is 17.1 Å². The number of carbonyl (C=O) groups excluding carboxylic acids is 1. The van der Waals surface area contributed by atoms with Crippen molar-refractivity contribution in [3.63, 3.8) is 0 Å². The van der Waals surface area contributed by atoms with Crippen LogP contribution >= 0.6 is 15.9 Å². The molecule has 0 atom stereocenters. The van der Waals surface area contributed by atoms with Crippen molar-refractivity contribution in [2.45, 2.75) is 19.5 Å². The number of hydrogen-bond donors (Lipinski definition) is 0. The second-order valence-electron chi connectivity index (χ2n) is 3.24.